The first-order valence-corrected chi connectivity index (χ1v) is 8.81. The molecule has 1 aliphatic carbocycles. The molecule has 5 heteroatoms. The van der Waals surface area contributed by atoms with E-state index < -0.39 is 0 Å². The van der Waals surface area contributed by atoms with Crippen LogP contribution in [0.15, 0.2) is 24.3 Å². The minimum Gasteiger partial charge on any atom is -0.497 e. The Morgan fingerprint density at radius 2 is 2.25 bits per heavy atom. The summed E-state index contributed by atoms with van der Waals surface area (Å²) in [6, 6.07) is 8.20. The second-order valence-electron chi connectivity index (χ2n) is 7.40. The second kappa shape index (κ2) is 7.01. The van der Waals surface area contributed by atoms with E-state index in [-0.39, 0.29) is 17.5 Å². The molecule has 0 bridgehead atoms. The molecule has 3 rings (SSSR count). The fourth-order valence-corrected chi connectivity index (χ4v) is 4.13. The number of rotatable bonds is 6. The predicted molar refractivity (Wildman–Crippen MR) is 93.3 cm³/mol. The van der Waals surface area contributed by atoms with E-state index in [2.05, 4.69) is 30.5 Å². The molecular weight excluding hydrogens is 304 g/mol. The third kappa shape index (κ3) is 3.36. The molecule has 2 fully saturated rings. The first-order chi connectivity index (χ1) is 11.5. The van der Waals surface area contributed by atoms with Gasteiger partial charge >= 0.3 is 6.03 Å². The number of methoxy groups -OCH3 is 1. The Hall–Kier alpha value is -1.75. The minimum atomic E-state index is -0.0657. The number of fused-ring (bicyclic) bond motifs is 1. The zero-order chi connectivity index (χ0) is 17.2. The molecule has 1 saturated heterocycles. The van der Waals surface area contributed by atoms with Crippen molar-refractivity contribution in [2.45, 2.75) is 45.3 Å². The third-order valence-electron chi connectivity index (χ3n) is 5.45. The van der Waals surface area contributed by atoms with Gasteiger partial charge in [0.2, 0.25) is 0 Å². The van der Waals surface area contributed by atoms with Crippen molar-refractivity contribution >= 4 is 6.03 Å². The van der Waals surface area contributed by atoms with Gasteiger partial charge in [-0.05, 0) is 37.0 Å². The topological polar surface area (TPSA) is 59.6 Å². The van der Waals surface area contributed by atoms with E-state index >= 15 is 0 Å². The maximum Gasteiger partial charge on any atom is 0.315 e. The van der Waals surface area contributed by atoms with Crippen molar-refractivity contribution in [3.63, 3.8) is 0 Å². The van der Waals surface area contributed by atoms with Crippen molar-refractivity contribution in [1.29, 1.82) is 0 Å². The van der Waals surface area contributed by atoms with Crippen LogP contribution >= 0.6 is 0 Å². The number of hydrogen-bond acceptors (Lipinski definition) is 3. The molecule has 5 nitrogen and oxygen atoms in total. The summed E-state index contributed by atoms with van der Waals surface area (Å²) in [6.07, 6.45) is 3.18. The van der Waals surface area contributed by atoms with Crippen LogP contribution < -0.4 is 15.4 Å². The van der Waals surface area contributed by atoms with E-state index in [9.17, 15) is 4.79 Å². The Labute approximate surface area is 144 Å². The molecular formula is C19H28N2O3. The van der Waals surface area contributed by atoms with E-state index in [0.717, 1.165) is 31.6 Å². The smallest absolute Gasteiger partial charge is 0.315 e. The van der Waals surface area contributed by atoms with Crippen molar-refractivity contribution in [2.75, 3.05) is 20.3 Å². The van der Waals surface area contributed by atoms with Crippen LogP contribution in [0.5, 0.6) is 5.75 Å². The lowest BCUT2D eigenvalue weighted by atomic mass is 9.57. The zero-order valence-corrected chi connectivity index (χ0v) is 14.8. The van der Waals surface area contributed by atoms with Crippen LogP contribution in [0.2, 0.25) is 0 Å². The summed E-state index contributed by atoms with van der Waals surface area (Å²) >= 11 is 0. The number of urea groups is 1. The second-order valence-corrected chi connectivity index (χ2v) is 7.40. The monoisotopic (exact) mass is 332 g/mol. The van der Waals surface area contributed by atoms with E-state index in [0.29, 0.717) is 18.6 Å². The summed E-state index contributed by atoms with van der Waals surface area (Å²) in [5.74, 6) is 1.35. The van der Waals surface area contributed by atoms with Gasteiger partial charge in [-0.1, -0.05) is 26.0 Å². The fourth-order valence-electron chi connectivity index (χ4n) is 4.13. The molecule has 0 unspecified atom stereocenters. The van der Waals surface area contributed by atoms with E-state index in [1.54, 1.807) is 7.11 Å². The quantitative estimate of drug-likeness (QED) is 0.788. The predicted octanol–water partition coefficient (Wildman–Crippen LogP) is 2.74. The van der Waals surface area contributed by atoms with E-state index in [4.69, 9.17) is 9.47 Å². The van der Waals surface area contributed by atoms with Crippen LogP contribution in [-0.2, 0) is 11.2 Å². The number of ether oxygens (including phenoxy) is 2. The highest BCUT2D eigenvalue weighted by molar-refractivity contribution is 5.74. The van der Waals surface area contributed by atoms with Crippen LogP contribution in [0.4, 0.5) is 4.79 Å². The highest BCUT2D eigenvalue weighted by atomic mass is 16.5. The summed E-state index contributed by atoms with van der Waals surface area (Å²) in [7, 11) is 1.67. The number of carbonyl (C=O) groups excluding carboxylic acids is 1. The normalized spacial score (nSPS) is 27.0. The number of amides is 2. The molecule has 1 heterocycles. The molecule has 2 amide bonds. The lowest BCUT2D eigenvalue weighted by Crippen LogP contribution is -2.67. The molecule has 2 N–H and O–H groups in total. The lowest BCUT2D eigenvalue weighted by Gasteiger charge is -2.54. The van der Waals surface area contributed by atoms with Gasteiger partial charge in [0.25, 0.3) is 0 Å². The van der Waals surface area contributed by atoms with Crippen LogP contribution in [0, 0.1) is 11.3 Å². The summed E-state index contributed by atoms with van der Waals surface area (Å²) in [4.78, 5) is 12.2. The molecule has 2 aliphatic rings. The molecule has 0 radical (unpaired) electrons. The van der Waals surface area contributed by atoms with E-state index in [1.807, 2.05) is 18.2 Å². The number of aryl methyl sites for hydroxylation is 1. The van der Waals surface area contributed by atoms with Crippen molar-refractivity contribution < 1.29 is 14.3 Å². The molecule has 1 aromatic carbocycles. The van der Waals surface area contributed by atoms with Gasteiger partial charge in [0, 0.05) is 30.5 Å². The minimum absolute atomic E-state index is 0.0269. The average molecular weight is 332 g/mol. The number of benzene rings is 1. The van der Waals surface area contributed by atoms with Gasteiger partial charge in [-0.2, -0.15) is 0 Å². The van der Waals surface area contributed by atoms with Gasteiger partial charge in [-0.15, -0.1) is 0 Å². The summed E-state index contributed by atoms with van der Waals surface area (Å²) < 4.78 is 11.0. The number of carbonyl (C=O) groups is 1. The Morgan fingerprint density at radius 1 is 1.42 bits per heavy atom. The van der Waals surface area contributed by atoms with Crippen molar-refractivity contribution in [1.82, 2.24) is 10.6 Å². The molecule has 24 heavy (non-hydrogen) atoms. The van der Waals surface area contributed by atoms with Gasteiger partial charge in [-0.25, -0.2) is 4.79 Å². The van der Waals surface area contributed by atoms with Gasteiger partial charge in [0.1, 0.15) is 5.75 Å². The maximum absolute atomic E-state index is 12.2. The Kier molecular flexibility index (Phi) is 4.99. The first-order valence-electron chi connectivity index (χ1n) is 8.81. The Balaban J connectivity index is 1.38. The Morgan fingerprint density at radius 3 is 3.04 bits per heavy atom. The molecule has 1 aromatic rings. The molecule has 3 atom stereocenters. The zero-order valence-electron chi connectivity index (χ0n) is 14.8. The fraction of sp³-hybridized carbons (Fsp3) is 0.632. The number of nitrogens with one attached hydrogen (secondary N) is 2. The molecule has 132 valence electrons. The van der Waals surface area contributed by atoms with Crippen LogP contribution in [0.1, 0.15) is 32.3 Å². The highest BCUT2D eigenvalue weighted by Crippen LogP contribution is 2.51. The highest BCUT2D eigenvalue weighted by Gasteiger charge is 2.59. The molecule has 1 saturated carbocycles. The summed E-state index contributed by atoms with van der Waals surface area (Å²) in [5.41, 5.74) is 1.25. The van der Waals surface area contributed by atoms with E-state index in [1.165, 1.54) is 5.56 Å². The SMILES string of the molecule is COc1cccc(CCCNC(=O)N[C@@H]2[C@@H]3CCO[C@@H]3C2(C)C)c1. The van der Waals surface area contributed by atoms with Gasteiger partial charge < -0.3 is 20.1 Å². The van der Waals surface area contributed by atoms with Gasteiger partial charge in [-0.3, -0.25) is 0 Å². The molecule has 1 aliphatic heterocycles. The molecule has 0 spiro atoms. The van der Waals surface area contributed by atoms with Crippen molar-refractivity contribution in [2.24, 2.45) is 11.3 Å². The van der Waals surface area contributed by atoms with Crippen LogP contribution in [0.3, 0.4) is 0 Å². The average Bonchev–Trinajstić information content (AvgIpc) is 3.04. The largest absolute Gasteiger partial charge is 0.497 e. The standard InChI is InChI=1S/C19H28N2O3/c1-19(2)16(15-9-11-24-17(15)19)21-18(22)20-10-5-7-13-6-4-8-14(12-13)23-3/h4,6,8,12,15-17H,5,7,9-11H2,1-3H3,(H2,20,21,22)/t15-,16+,17-/m0/s1. The maximum atomic E-state index is 12.2. The van der Waals surface area contributed by atoms with Crippen molar-refractivity contribution in [3.05, 3.63) is 29.8 Å². The summed E-state index contributed by atoms with van der Waals surface area (Å²) in [6.45, 7) is 5.83. The van der Waals surface area contributed by atoms with Crippen LogP contribution in [0.25, 0.3) is 0 Å². The third-order valence-corrected chi connectivity index (χ3v) is 5.45. The Bertz CT molecular complexity index is 588. The lowest BCUT2D eigenvalue weighted by molar-refractivity contribution is -0.108. The van der Waals surface area contributed by atoms with Gasteiger partial charge in [0.15, 0.2) is 0 Å². The molecule has 0 aromatic heterocycles. The van der Waals surface area contributed by atoms with Crippen molar-refractivity contribution in [3.8, 4) is 5.75 Å². The van der Waals surface area contributed by atoms with Gasteiger partial charge in [0.05, 0.1) is 13.2 Å². The van der Waals surface area contributed by atoms with Crippen LogP contribution in [-0.4, -0.2) is 38.4 Å². The number of hydrogen-bond donors (Lipinski definition) is 2. The first kappa shape index (κ1) is 17.1. The summed E-state index contributed by atoms with van der Waals surface area (Å²) in [5, 5.41) is 6.12.